The Bertz CT molecular complexity index is 714. The van der Waals surface area contributed by atoms with Crippen LogP contribution in [0.2, 0.25) is 0 Å². The molecule has 3 rings (SSSR count). The fourth-order valence-electron chi connectivity index (χ4n) is 2.98. The topological polar surface area (TPSA) is 49.3 Å². The molecule has 1 aliphatic rings. The van der Waals surface area contributed by atoms with Gasteiger partial charge < -0.3 is 9.80 Å². The zero-order chi connectivity index (χ0) is 15.9. The molecule has 2 atom stereocenters. The van der Waals surface area contributed by atoms with Crippen molar-refractivity contribution in [2.45, 2.75) is 25.9 Å². The Balaban J connectivity index is 1.88. The molecular weight excluding hydrogens is 307 g/mol. The number of amides is 1. The first-order valence-electron chi connectivity index (χ1n) is 7.11. The molecule has 0 radical (unpaired) electrons. The third kappa shape index (κ3) is 2.70. The molecule has 1 saturated heterocycles. The van der Waals surface area contributed by atoms with Gasteiger partial charge in [0.15, 0.2) is 0 Å². The molecule has 116 valence electrons. The van der Waals surface area contributed by atoms with Crippen LogP contribution in [0.15, 0.2) is 24.4 Å². The standard InChI is InChI=1S/C15H16ClFN4O/c1-9-7-20(8-10(2)21(9)15(16)22)14-6-18-13-5-11(17)3-4-12(13)19-14/h3-6,9-10H,7-8H2,1-2H3/t9-,10+. The van der Waals surface area contributed by atoms with Gasteiger partial charge in [0, 0.05) is 31.2 Å². The molecule has 22 heavy (non-hydrogen) atoms. The Labute approximate surface area is 132 Å². The number of benzene rings is 1. The minimum absolute atomic E-state index is 0.0144. The van der Waals surface area contributed by atoms with E-state index < -0.39 is 5.37 Å². The number of piperazine rings is 1. The number of carbonyl (C=O) groups excluding carboxylic acids is 1. The van der Waals surface area contributed by atoms with E-state index in [0.29, 0.717) is 24.1 Å². The summed E-state index contributed by atoms with van der Waals surface area (Å²) in [6.07, 6.45) is 1.64. The lowest BCUT2D eigenvalue weighted by Crippen LogP contribution is -2.57. The summed E-state index contributed by atoms with van der Waals surface area (Å²) >= 11 is 5.64. The van der Waals surface area contributed by atoms with Gasteiger partial charge in [0.25, 0.3) is 0 Å². The van der Waals surface area contributed by atoms with E-state index in [1.54, 1.807) is 17.2 Å². The first-order valence-corrected chi connectivity index (χ1v) is 7.48. The first kappa shape index (κ1) is 15.0. The highest BCUT2D eigenvalue weighted by atomic mass is 35.5. The second-order valence-electron chi connectivity index (χ2n) is 5.62. The zero-order valence-electron chi connectivity index (χ0n) is 12.3. The number of rotatable bonds is 1. The van der Waals surface area contributed by atoms with E-state index in [9.17, 15) is 9.18 Å². The van der Waals surface area contributed by atoms with Crippen molar-refractivity contribution >= 4 is 33.8 Å². The summed E-state index contributed by atoms with van der Waals surface area (Å²) in [5.41, 5.74) is 1.18. The van der Waals surface area contributed by atoms with Crippen LogP contribution < -0.4 is 4.90 Å². The van der Waals surface area contributed by atoms with Crippen molar-refractivity contribution in [2.24, 2.45) is 0 Å². The molecule has 2 heterocycles. The number of aromatic nitrogens is 2. The average Bonchev–Trinajstić information content (AvgIpc) is 2.45. The van der Waals surface area contributed by atoms with Gasteiger partial charge in [-0.1, -0.05) is 0 Å². The van der Waals surface area contributed by atoms with Crippen LogP contribution in [0.25, 0.3) is 11.0 Å². The maximum Gasteiger partial charge on any atom is 0.316 e. The number of fused-ring (bicyclic) bond motifs is 1. The van der Waals surface area contributed by atoms with Crippen molar-refractivity contribution in [3.8, 4) is 0 Å². The third-order valence-corrected chi connectivity index (χ3v) is 4.13. The quantitative estimate of drug-likeness (QED) is 0.598. The molecule has 0 N–H and O–H groups in total. The molecule has 0 unspecified atom stereocenters. The van der Waals surface area contributed by atoms with Crippen molar-refractivity contribution in [2.75, 3.05) is 18.0 Å². The molecule has 0 spiro atoms. The summed E-state index contributed by atoms with van der Waals surface area (Å²) in [5.74, 6) is 0.394. The largest absolute Gasteiger partial charge is 0.351 e. The molecule has 1 aromatic carbocycles. The Morgan fingerprint density at radius 2 is 1.95 bits per heavy atom. The van der Waals surface area contributed by atoms with E-state index in [-0.39, 0.29) is 17.9 Å². The van der Waals surface area contributed by atoms with Crippen LogP contribution in [0, 0.1) is 5.82 Å². The SMILES string of the molecule is C[C@@H]1CN(c2cnc3cc(F)ccc3n2)C[C@H](C)N1C(=O)Cl. The van der Waals surface area contributed by atoms with Crippen molar-refractivity contribution in [3.05, 3.63) is 30.2 Å². The van der Waals surface area contributed by atoms with Gasteiger partial charge in [-0.25, -0.2) is 9.37 Å². The lowest BCUT2D eigenvalue weighted by Gasteiger charge is -2.43. The predicted molar refractivity (Wildman–Crippen MR) is 83.7 cm³/mol. The molecule has 0 saturated carbocycles. The first-order chi connectivity index (χ1) is 10.5. The highest BCUT2D eigenvalue weighted by Gasteiger charge is 2.32. The Kier molecular flexibility index (Phi) is 3.87. The van der Waals surface area contributed by atoms with Crippen molar-refractivity contribution in [1.29, 1.82) is 0 Å². The summed E-state index contributed by atoms with van der Waals surface area (Å²) in [5, 5.41) is -0.431. The Morgan fingerprint density at radius 3 is 2.59 bits per heavy atom. The molecule has 1 amide bonds. The highest BCUT2D eigenvalue weighted by Crippen LogP contribution is 2.23. The van der Waals surface area contributed by atoms with E-state index in [0.717, 1.165) is 5.82 Å². The maximum absolute atomic E-state index is 13.2. The van der Waals surface area contributed by atoms with Gasteiger partial charge in [0.2, 0.25) is 0 Å². The summed E-state index contributed by atoms with van der Waals surface area (Å²) < 4.78 is 13.2. The average molecular weight is 323 g/mol. The van der Waals surface area contributed by atoms with Crippen LogP contribution in [0.4, 0.5) is 15.0 Å². The van der Waals surface area contributed by atoms with E-state index >= 15 is 0 Å². The summed E-state index contributed by atoms with van der Waals surface area (Å²) in [7, 11) is 0. The minimum Gasteiger partial charge on any atom is -0.351 e. The van der Waals surface area contributed by atoms with Gasteiger partial charge >= 0.3 is 5.37 Å². The fourth-order valence-corrected chi connectivity index (χ4v) is 3.32. The number of anilines is 1. The summed E-state index contributed by atoms with van der Waals surface area (Å²) in [4.78, 5) is 24.0. The normalized spacial score (nSPS) is 22.2. The van der Waals surface area contributed by atoms with E-state index in [4.69, 9.17) is 11.6 Å². The lowest BCUT2D eigenvalue weighted by atomic mass is 10.1. The van der Waals surface area contributed by atoms with Crippen LogP contribution in [-0.4, -0.2) is 45.4 Å². The molecule has 0 aliphatic carbocycles. The molecule has 1 aromatic heterocycles. The minimum atomic E-state index is -0.431. The summed E-state index contributed by atoms with van der Waals surface area (Å²) in [6, 6.07) is 4.32. The number of hydrogen-bond donors (Lipinski definition) is 0. The van der Waals surface area contributed by atoms with Crippen LogP contribution in [0.3, 0.4) is 0 Å². The second kappa shape index (κ2) is 5.68. The molecule has 0 bridgehead atoms. The predicted octanol–water partition coefficient (Wildman–Crippen LogP) is 3.03. The zero-order valence-corrected chi connectivity index (χ0v) is 13.1. The molecular formula is C15H16ClFN4O. The Hall–Kier alpha value is -1.95. The molecule has 1 aliphatic heterocycles. The van der Waals surface area contributed by atoms with Gasteiger partial charge in [-0.15, -0.1) is 0 Å². The smallest absolute Gasteiger partial charge is 0.316 e. The number of carbonyl (C=O) groups is 1. The Morgan fingerprint density at radius 1 is 1.27 bits per heavy atom. The monoisotopic (exact) mass is 322 g/mol. The molecule has 5 nitrogen and oxygen atoms in total. The van der Waals surface area contributed by atoms with E-state index in [2.05, 4.69) is 14.9 Å². The van der Waals surface area contributed by atoms with Gasteiger partial charge in [-0.2, -0.15) is 0 Å². The lowest BCUT2D eigenvalue weighted by molar-refractivity contribution is 0.162. The van der Waals surface area contributed by atoms with Crippen molar-refractivity contribution in [3.63, 3.8) is 0 Å². The molecule has 2 aromatic rings. The number of halogens is 2. The third-order valence-electron chi connectivity index (χ3n) is 3.94. The van der Waals surface area contributed by atoms with Crippen LogP contribution in [0.1, 0.15) is 13.8 Å². The highest BCUT2D eigenvalue weighted by molar-refractivity contribution is 6.62. The van der Waals surface area contributed by atoms with E-state index in [1.807, 2.05) is 13.8 Å². The summed E-state index contributed by atoms with van der Waals surface area (Å²) in [6.45, 7) is 5.16. The van der Waals surface area contributed by atoms with Gasteiger partial charge in [-0.05, 0) is 37.6 Å². The van der Waals surface area contributed by atoms with Crippen LogP contribution >= 0.6 is 11.6 Å². The van der Waals surface area contributed by atoms with Crippen LogP contribution in [-0.2, 0) is 0 Å². The van der Waals surface area contributed by atoms with Crippen molar-refractivity contribution in [1.82, 2.24) is 14.9 Å². The maximum atomic E-state index is 13.2. The van der Waals surface area contributed by atoms with E-state index in [1.165, 1.54) is 12.1 Å². The van der Waals surface area contributed by atoms with Gasteiger partial charge in [0.1, 0.15) is 11.6 Å². The fraction of sp³-hybridized carbons (Fsp3) is 0.400. The molecule has 7 heteroatoms. The van der Waals surface area contributed by atoms with Gasteiger partial charge in [0.05, 0.1) is 17.2 Å². The number of hydrogen-bond acceptors (Lipinski definition) is 4. The molecule has 1 fully saturated rings. The second-order valence-corrected chi connectivity index (χ2v) is 5.95. The van der Waals surface area contributed by atoms with Crippen molar-refractivity contribution < 1.29 is 9.18 Å². The number of nitrogens with zero attached hydrogens (tertiary/aromatic N) is 4. The van der Waals surface area contributed by atoms with Gasteiger partial charge in [-0.3, -0.25) is 9.78 Å². The van der Waals surface area contributed by atoms with Crippen LogP contribution in [0.5, 0.6) is 0 Å².